The maximum atomic E-state index is 12.3. The SMILES string of the molecule is O=C(NCC1CCN(C(=O)C(Cl)Cl)CC1)Nc1sc2c(c1C(=O)O)CCCC2. The Labute approximate surface area is 177 Å². The second-order valence-corrected chi connectivity index (χ2v) is 9.33. The minimum Gasteiger partial charge on any atom is -0.478 e. The minimum atomic E-state index is -1.04. The van der Waals surface area contributed by atoms with Crippen molar-refractivity contribution in [2.45, 2.75) is 43.4 Å². The smallest absolute Gasteiger partial charge is 0.339 e. The minimum absolute atomic E-state index is 0.235. The number of carbonyl (C=O) groups excluding carboxylic acids is 2. The molecule has 10 heteroatoms. The van der Waals surface area contributed by atoms with Crippen molar-refractivity contribution in [1.82, 2.24) is 10.2 Å². The van der Waals surface area contributed by atoms with Gasteiger partial charge >= 0.3 is 12.0 Å². The Morgan fingerprint density at radius 3 is 2.50 bits per heavy atom. The second kappa shape index (κ2) is 9.33. The lowest BCUT2D eigenvalue weighted by Crippen LogP contribution is -2.43. The number of nitrogens with zero attached hydrogens (tertiary/aromatic N) is 1. The molecule has 2 heterocycles. The zero-order valence-corrected chi connectivity index (χ0v) is 17.6. The third-order valence-electron chi connectivity index (χ3n) is 5.28. The lowest BCUT2D eigenvalue weighted by molar-refractivity contribution is -0.130. The lowest BCUT2D eigenvalue weighted by Gasteiger charge is -2.32. The number of hydrogen-bond donors (Lipinski definition) is 3. The Morgan fingerprint density at radius 1 is 1.18 bits per heavy atom. The molecular weight excluding hydrogens is 425 g/mol. The molecule has 0 radical (unpaired) electrons. The van der Waals surface area contributed by atoms with Crippen LogP contribution in [0, 0.1) is 5.92 Å². The van der Waals surface area contributed by atoms with Crippen LogP contribution in [-0.2, 0) is 17.6 Å². The highest BCUT2D eigenvalue weighted by atomic mass is 35.5. The van der Waals surface area contributed by atoms with E-state index in [0.29, 0.717) is 24.6 Å². The number of thiophene rings is 1. The van der Waals surface area contributed by atoms with Crippen LogP contribution in [-0.4, -0.2) is 52.4 Å². The molecule has 28 heavy (non-hydrogen) atoms. The molecule has 1 aromatic heterocycles. The van der Waals surface area contributed by atoms with Crippen molar-refractivity contribution in [3.63, 3.8) is 0 Å². The zero-order valence-electron chi connectivity index (χ0n) is 15.3. The molecule has 0 bridgehead atoms. The highest BCUT2D eigenvalue weighted by Gasteiger charge is 2.28. The van der Waals surface area contributed by atoms with E-state index in [1.54, 1.807) is 4.90 Å². The molecule has 1 saturated heterocycles. The molecule has 1 aliphatic heterocycles. The first kappa shape index (κ1) is 21.2. The van der Waals surface area contributed by atoms with Gasteiger partial charge in [0.1, 0.15) is 5.00 Å². The number of carbonyl (C=O) groups is 3. The average molecular weight is 448 g/mol. The summed E-state index contributed by atoms with van der Waals surface area (Å²) in [7, 11) is 0. The van der Waals surface area contributed by atoms with Crippen LogP contribution in [0.2, 0.25) is 0 Å². The first-order valence-corrected chi connectivity index (χ1v) is 11.1. The number of fused-ring (bicyclic) bond motifs is 1. The Bertz CT molecular complexity index is 760. The number of rotatable bonds is 5. The maximum Gasteiger partial charge on any atom is 0.339 e. The van der Waals surface area contributed by atoms with Gasteiger partial charge in [-0.15, -0.1) is 11.3 Å². The van der Waals surface area contributed by atoms with Gasteiger partial charge in [0.2, 0.25) is 0 Å². The van der Waals surface area contributed by atoms with E-state index in [2.05, 4.69) is 10.6 Å². The number of aromatic carboxylic acids is 1. The fourth-order valence-corrected chi connectivity index (χ4v) is 5.31. The predicted molar refractivity (Wildman–Crippen MR) is 110 cm³/mol. The predicted octanol–water partition coefficient (Wildman–Crippen LogP) is 3.49. The van der Waals surface area contributed by atoms with E-state index in [9.17, 15) is 19.5 Å². The molecule has 3 amide bonds. The fraction of sp³-hybridized carbons (Fsp3) is 0.611. The van der Waals surface area contributed by atoms with Gasteiger partial charge in [-0.2, -0.15) is 0 Å². The van der Waals surface area contributed by atoms with Gasteiger partial charge in [0, 0.05) is 24.5 Å². The van der Waals surface area contributed by atoms with E-state index in [0.717, 1.165) is 49.0 Å². The molecule has 1 aliphatic carbocycles. The number of hydrogen-bond acceptors (Lipinski definition) is 4. The third kappa shape index (κ3) is 4.90. The molecule has 0 spiro atoms. The van der Waals surface area contributed by atoms with E-state index < -0.39 is 16.8 Å². The van der Waals surface area contributed by atoms with Crippen LogP contribution in [0.15, 0.2) is 0 Å². The molecule has 7 nitrogen and oxygen atoms in total. The van der Waals surface area contributed by atoms with Crippen LogP contribution in [0.5, 0.6) is 0 Å². The van der Waals surface area contributed by atoms with Gasteiger partial charge in [-0.1, -0.05) is 23.2 Å². The van der Waals surface area contributed by atoms with E-state index in [1.807, 2.05) is 0 Å². The lowest BCUT2D eigenvalue weighted by atomic mass is 9.95. The van der Waals surface area contributed by atoms with Gasteiger partial charge in [-0.05, 0) is 50.0 Å². The van der Waals surface area contributed by atoms with Crippen molar-refractivity contribution in [2.24, 2.45) is 5.92 Å². The van der Waals surface area contributed by atoms with Crippen LogP contribution in [0.3, 0.4) is 0 Å². The summed E-state index contributed by atoms with van der Waals surface area (Å²) in [5.41, 5.74) is 1.10. The molecule has 3 N–H and O–H groups in total. The highest BCUT2D eigenvalue weighted by Crippen LogP contribution is 2.38. The monoisotopic (exact) mass is 447 g/mol. The summed E-state index contributed by atoms with van der Waals surface area (Å²) in [6.07, 6.45) is 5.14. The Balaban J connectivity index is 1.51. The highest BCUT2D eigenvalue weighted by molar-refractivity contribution is 7.17. The summed E-state index contributed by atoms with van der Waals surface area (Å²) in [4.78, 5) is 37.4. The quantitative estimate of drug-likeness (QED) is 0.601. The summed E-state index contributed by atoms with van der Waals surface area (Å²) in [5, 5.41) is 15.5. The van der Waals surface area contributed by atoms with Crippen molar-refractivity contribution in [3.05, 3.63) is 16.0 Å². The van der Waals surface area contributed by atoms with E-state index in [4.69, 9.17) is 23.2 Å². The van der Waals surface area contributed by atoms with Crippen molar-refractivity contribution < 1.29 is 19.5 Å². The van der Waals surface area contributed by atoms with Gasteiger partial charge in [0.25, 0.3) is 5.91 Å². The summed E-state index contributed by atoms with van der Waals surface area (Å²) >= 11 is 12.6. The zero-order chi connectivity index (χ0) is 20.3. The number of likely N-dealkylation sites (tertiary alicyclic amines) is 1. The first-order valence-electron chi connectivity index (χ1n) is 9.36. The van der Waals surface area contributed by atoms with E-state index >= 15 is 0 Å². The number of aryl methyl sites for hydroxylation is 1. The molecular formula is C18H23Cl2N3O4S. The number of halogens is 2. The summed E-state index contributed by atoms with van der Waals surface area (Å²) in [6.45, 7) is 1.58. The Hall–Kier alpha value is -1.51. The topological polar surface area (TPSA) is 98.7 Å². The largest absolute Gasteiger partial charge is 0.478 e. The van der Waals surface area contributed by atoms with Crippen molar-refractivity contribution in [3.8, 4) is 0 Å². The van der Waals surface area contributed by atoms with Crippen LogP contribution in [0.4, 0.5) is 9.80 Å². The molecule has 0 saturated carbocycles. The average Bonchev–Trinajstić information content (AvgIpc) is 3.04. The summed E-state index contributed by atoms with van der Waals surface area (Å²) in [6, 6.07) is -0.402. The van der Waals surface area contributed by atoms with E-state index in [1.165, 1.54) is 11.3 Å². The van der Waals surface area contributed by atoms with E-state index in [-0.39, 0.29) is 17.4 Å². The summed E-state index contributed by atoms with van der Waals surface area (Å²) in [5.74, 6) is -1.03. The van der Waals surface area contributed by atoms with Gasteiger partial charge in [0.15, 0.2) is 4.84 Å². The Kier molecular flexibility index (Phi) is 7.06. The molecule has 0 atom stereocenters. The summed E-state index contributed by atoms with van der Waals surface area (Å²) < 4.78 is 0. The van der Waals surface area contributed by atoms with Gasteiger partial charge in [-0.25, -0.2) is 9.59 Å². The second-order valence-electron chi connectivity index (χ2n) is 7.12. The number of amides is 3. The van der Waals surface area contributed by atoms with Gasteiger partial charge < -0.3 is 15.3 Å². The number of carboxylic acids is 1. The number of carboxylic acid groups (broad SMARTS) is 1. The number of urea groups is 1. The van der Waals surface area contributed by atoms with Crippen molar-refractivity contribution in [2.75, 3.05) is 25.0 Å². The fourth-order valence-electron chi connectivity index (χ4n) is 3.76. The number of alkyl halides is 2. The Morgan fingerprint density at radius 2 is 1.86 bits per heavy atom. The molecule has 1 fully saturated rings. The maximum absolute atomic E-state index is 12.3. The molecule has 0 unspecified atom stereocenters. The normalized spacial score (nSPS) is 17.3. The first-order chi connectivity index (χ1) is 13.4. The number of anilines is 1. The number of piperidine rings is 1. The van der Waals surface area contributed by atoms with Crippen LogP contribution in [0.1, 0.15) is 46.5 Å². The molecule has 2 aliphatic rings. The van der Waals surface area contributed by atoms with Gasteiger partial charge in [0.05, 0.1) is 5.56 Å². The van der Waals surface area contributed by atoms with Crippen molar-refractivity contribution in [1.29, 1.82) is 0 Å². The van der Waals surface area contributed by atoms with Crippen molar-refractivity contribution >= 4 is 57.4 Å². The number of nitrogens with one attached hydrogen (secondary N) is 2. The van der Waals surface area contributed by atoms with Crippen LogP contribution in [0.25, 0.3) is 0 Å². The molecule has 3 rings (SSSR count). The standard InChI is InChI=1S/C18H23Cl2N3O4S/c19-14(20)16(24)23-7-5-10(6-8-23)9-21-18(27)22-15-13(17(25)26)11-3-1-2-4-12(11)28-15/h10,14H,1-9H2,(H,25,26)(H2,21,22,27). The molecule has 154 valence electrons. The van der Waals surface area contributed by atoms with Crippen LogP contribution < -0.4 is 10.6 Å². The third-order valence-corrected chi connectivity index (χ3v) is 6.86. The molecule has 1 aromatic rings. The molecule has 0 aromatic carbocycles. The van der Waals surface area contributed by atoms with Gasteiger partial charge in [-0.3, -0.25) is 10.1 Å². The van der Waals surface area contributed by atoms with Crippen LogP contribution >= 0.6 is 34.5 Å².